The Hall–Kier alpha value is -1.30. The molecular formula is C14H26N2O4. The van der Waals surface area contributed by atoms with E-state index in [1.165, 1.54) is 7.11 Å². The summed E-state index contributed by atoms with van der Waals surface area (Å²) in [6.45, 7) is 8.43. The van der Waals surface area contributed by atoms with Crippen molar-refractivity contribution in [2.45, 2.75) is 51.7 Å². The summed E-state index contributed by atoms with van der Waals surface area (Å²) >= 11 is 0. The van der Waals surface area contributed by atoms with Gasteiger partial charge in [-0.1, -0.05) is 6.92 Å². The van der Waals surface area contributed by atoms with Crippen molar-refractivity contribution in [2.24, 2.45) is 11.7 Å². The van der Waals surface area contributed by atoms with Crippen molar-refractivity contribution in [1.29, 1.82) is 0 Å². The standard InChI is InChI=1S/C14H26N2O4/c1-10-9-16(12(18)20-13(2,3)4)7-6-14(10,15)8-11(17)19-5/h10H,6-9,15H2,1-5H3. The third kappa shape index (κ3) is 4.37. The topological polar surface area (TPSA) is 81.9 Å². The maximum Gasteiger partial charge on any atom is 0.410 e. The van der Waals surface area contributed by atoms with Crippen LogP contribution in [0.25, 0.3) is 0 Å². The van der Waals surface area contributed by atoms with Gasteiger partial charge in [-0.2, -0.15) is 0 Å². The maximum atomic E-state index is 12.0. The van der Waals surface area contributed by atoms with Gasteiger partial charge in [0.2, 0.25) is 0 Å². The summed E-state index contributed by atoms with van der Waals surface area (Å²) in [7, 11) is 1.35. The van der Waals surface area contributed by atoms with Crippen molar-refractivity contribution >= 4 is 12.1 Å². The molecule has 0 aromatic carbocycles. The molecule has 1 aliphatic heterocycles. The highest BCUT2D eigenvalue weighted by Crippen LogP contribution is 2.29. The Labute approximate surface area is 120 Å². The van der Waals surface area contributed by atoms with Gasteiger partial charge >= 0.3 is 12.1 Å². The molecule has 2 atom stereocenters. The average Bonchev–Trinajstić information content (AvgIpc) is 2.30. The van der Waals surface area contributed by atoms with Crippen LogP contribution in [0.15, 0.2) is 0 Å². The number of hydrogen-bond acceptors (Lipinski definition) is 5. The number of nitrogens with two attached hydrogens (primary N) is 1. The first kappa shape index (κ1) is 16.8. The molecule has 1 rings (SSSR count). The van der Waals surface area contributed by atoms with Crippen molar-refractivity contribution in [3.8, 4) is 0 Å². The molecule has 0 aromatic heterocycles. The van der Waals surface area contributed by atoms with Gasteiger partial charge in [-0.3, -0.25) is 4.79 Å². The first-order valence-corrected chi connectivity index (χ1v) is 6.91. The molecule has 1 fully saturated rings. The van der Waals surface area contributed by atoms with E-state index in [1.54, 1.807) is 4.90 Å². The predicted molar refractivity (Wildman–Crippen MR) is 75.1 cm³/mol. The van der Waals surface area contributed by atoms with E-state index in [-0.39, 0.29) is 24.4 Å². The predicted octanol–water partition coefficient (Wildman–Crippen LogP) is 1.52. The smallest absolute Gasteiger partial charge is 0.410 e. The molecule has 2 unspecified atom stereocenters. The van der Waals surface area contributed by atoms with Crippen molar-refractivity contribution in [2.75, 3.05) is 20.2 Å². The Bertz CT molecular complexity index is 378. The first-order chi connectivity index (χ1) is 9.07. The number of esters is 1. The largest absolute Gasteiger partial charge is 0.469 e. The molecule has 0 aliphatic carbocycles. The number of carbonyl (C=O) groups excluding carboxylic acids is 2. The van der Waals surface area contributed by atoms with Crippen LogP contribution in [0.5, 0.6) is 0 Å². The number of methoxy groups -OCH3 is 1. The van der Waals surface area contributed by atoms with E-state index >= 15 is 0 Å². The van der Waals surface area contributed by atoms with Gasteiger partial charge in [0.25, 0.3) is 0 Å². The van der Waals surface area contributed by atoms with E-state index in [9.17, 15) is 9.59 Å². The summed E-state index contributed by atoms with van der Waals surface area (Å²) in [5.41, 5.74) is 5.16. The number of piperidine rings is 1. The molecular weight excluding hydrogens is 260 g/mol. The molecule has 0 aromatic rings. The molecule has 1 amide bonds. The number of nitrogens with zero attached hydrogens (tertiary/aromatic N) is 1. The second kappa shape index (κ2) is 5.99. The maximum absolute atomic E-state index is 12.0. The van der Waals surface area contributed by atoms with Crippen LogP contribution in [-0.4, -0.2) is 48.3 Å². The van der Waals surface area contributed by atoms with E-state index in [2.05, 4.69) is 4.74 Å². The quantitative estimate of drug-likeness (QED) is 0.778. The molecule has 0 saturated carbocycles. The number of carbonyl (C=O) groups is 2. The summed E-state index contributed by atoms with van der Waals surface area (Å²) in [6.07, 6.45) is 0.402. The number of ether oxygens (including phenoxy) is 2. The summed E-state index contributed by atoms with van der Waals surface area (Å²) in [4.78, 5) is 25.1. The minimum Gasteiger partial charge on any atom is -0.469 e. The molecule has 0 spiro atoms. The summed E-state index contributed by atoms with van der Waals surface area (Å²) < 4.78 is 10.0. The Kier molecular flexibility index (Phi) is 5.02. The van der Waals surface area contributed by atoms with Crippen LogP contribution >= 0.6 is 0 Å². The van der Waals surface area contributed by atoms with Gasteiger partial charge in [-0.15, -0.1) is 0 Å². The van der Waals surface area contributed by atoms with Crippen LogP contribution in [0.2, 0.25) is 0 Å². The lowest BCUT2D eigenvalue weighted by Crippen LogP contribution is -2.58. The third-order valence-corrected chi connectivity index (χ3v) is 3.68. The van der Waals surface area contributed by atoms with Crippen molar-refractivity contribution < 1.29 is 19.1 Å². The monoisotopic (exact) mass is 286 g/mol. The SMILES string of the molecule is COC(=O)CC1(N)CCN(C(=O)OC(C)(C)C)CC1C. The fourth-order valence-electron chi connectivity index (χ4n) is 2.29. The molecule has 1 aliphatic rings. The lowest BCUT2D eigenvalue weighted by atomic mass is 9.77. The number of amides is 1. The van der Waals surface area contributed by atoms with Crippen LogP contribution < -0.4 is 5.73 Å². The van der Waals surface area contributed by atoms with Gasteiger partial charge in [-0.05, 0) is 33.1 Å². The normalized spacial score (nSPS) is 27.1. The molecule has 116 valence electrons. The van der Waals surface area contributed by atoms with Gasteiger partial charge in [0.1, 0.15) is 5.60 Å². The van der Waals surface area contributed by atoms with Crippen LogP contribution in [0.4, 0.5) is 4.79 Å². The highest BCUT2D eigenvalue weighted by molar-refractivity contribution is 5.71. The molecule has 6 heteroatoms. The van der Waals surface area contributed by atoms with E-state index in [4.69, 9.17) is 10.5 Å². The van der Waals surface area contributed by atoms with Crippen molar-refractivity contribution in [3.05, 3.63) is 0 Å². The van der Waals surface area contributed by atoms with E-state index < -0.39 is 11.1 Å². The second-order valence-corrected chi connectivity index (χ2v) is 6.56. The van der Waals surface area contributed by atoms with Gasteiger partial charge in [0, 0.05) is 18.6 Å². The highest BCUT2D eigenvalue weighted by Gasteiger charge is 2.41. The fraction of sp³-hybridized carbons (Fsp3) is 0.857. The van der Waals surface area contributed by atoms with Crippen molar-refractivity contribution in [1.82, 2.24) is 4.90 Å². The Morgan fingerprint density at radius 1 is 1.40 bits per heavy atom. The number of rotatable bonds is 2. The summed E-state index contributed by atoms with van der Waals surface area (Å²) in [5, 5.41) is 0. The minimum absolute atomic E-state index is 0.00266. The molecule has 1 heterocycles. The Balaban J connectivity index is 2.63. The van der Waals surface area contributed by atoms with Crippen LogP contribution in [0, 0.1) is 5.92 Å². The first-order valence-electron chi connectivity index (χ1n) is 6.91. The average molecular weight is 286 g/mol. The lowest BCUT2D eigenvalue weighted by molar-refractivity contribution is -0.143. The van der Waals surface area contributed by atoms with Gasteiger partial charge < -0.3 is 20.1 Å². The minimum atomic E-state index is -0.619. The van der Waals surface area contributed by atoms with Gasteiger partial charge in [-0.25, -0.2) is 4.79 Å². The van der Waals surface area contributed by atoms with Crippen LogP contribution in [-0.2, 0) is 14.3 Å². The lowest BCUT2D eigenvalue weighted by Gasteiger charge is -2.43. The third-order valence-electron chi connectivity index (χ3n) is 3.68. The summed E-state index contributed by atoms with van der Waals surface area (Å²) in [5.74, 6) is -0.312. The molecule has 6 nitrogen and oxygen atoms in total. The van der Waals surface area contributed by atoms with E-state index in [0.717, 1.165) is 0 Å². The molecule has 1 saturated heterocycles. The van der Waals surface area contributed by atoms with Gasteiger partial charge in [0.15, 0.2) is 0 Å². The van der Waals surface area contributed by atoms with E-state index in [0.29, 0.717) is 19.5 Å². The summed E-state index contributed by atoms with van der Waals surface area (Å²) in [6, 6.07) is 0. The van der Waals surface area contributed by atoms with Crippen LogP contribution in [0.1, 0.15) is 40.5 Å². The molecule has 0 bridgehead atoms. The van der Waals surface area contributed by atoms with E-state index in [1.807, 2.05) is 27.7 Å². The van der Waals surface area contributed by atoms with Crippen LogP contribution in [0.3, 0.4) is 0 Å². The fourth-order valence-corrected chi connectivity index (χ4v) is 2.29. The number of hydrogen-bond donors (Lipinski definition) is 1. The van der Waals surface area contributed by atoms with Crippen molar-refractivity contribution in [3.63, 3.8) is 0 Å². The molecule has 2 N–H and O–H groups in total. The molecule has 20 heavy (non-hydrogen) atoms. The zero-order chi connectivity index (χ0) is 15.6. The second-order valence-electron chi connectivity index (χ2n) is 6.56. The Morgan fingerprint density at radius 3 is 2.45 bits per heavy atom. The Morgan fingerprint density at radius 2 is 2.00 bits per heavy atom. The molecule has 0 radical (unpaired) electrons. The zero-order valence-electron chi connectivity index (χ0n) is 13.1. The highest BCUT2D eigenvalue weighted by atomic mass is 16.6. The number of likely N-dealkylation sites (tertiary alicyclic amines) is 1. The zero-order valence-corrected chi connectivity index (χ0v) is 13.1. The van der Waals surface area contributed by atoms with Gasteiger partial charge in [0.05, 0.1) is 13.5 Å².